The summed E-state index contributed by atoms with van der Waals surface area (Å²) >= 11 is 0. The molecule has 3 aromatic rings. The number of aliphatic hydroxyl groups is 1. The Morgan fingerprint density at radius 3 is 2.27 bits per heavy atom. The van der Waals surface area contributed by atoms with Crippen molar-refractivity contribution < 1.29 is 19.4 Å². The summed E-state index contributed by atoms with van der Waals surface area (Å²) in [7, 11) is 1.60. The van der Waals surface area contributed by atoms with Gasteiger partial charge in [0.2, 0.25) is 0 Å². The third kappa shape index (κ3) is 3.98. The number of hydrogen-bond acceptors (Lipinski definition) is 5. The minimum Gasteiger partial charge on any atom is -0.497 e. The van der Waals surface area contributed by atoms with E-state index in [-0.39, 0.29) is 11.6 Å². The van der Waals surface area contributed by atoms with Crippen LogP contribution in [-0.2, 0) is 13.0 Å². The summed E-state index contributed by atoms with van der Waals surface area (Å²) in [5.41, 5.74) is 5.24. The smallest absolute Gasteiger partial charge is 0.193 e. The van der Waals surface area contributed by atoms with E-state index in [1.165, 1.54) is 5.56 Å². The van der Waals surface area contributed by atoms with Gasteiger partial charge in [-0.25, -0.2) is 0 Å². The van der Waals surface area contributed by atoms with E-state index in [1.54, 1.807) is 43.5 Å². The van der Waals surface area contributed by atoms with Crippen LogP contribution < -0.4 is 9.64 Å². The molecule has 4 rings (SSSR count). The molecule has 3 aromatic carbocycles. The Kier molecular flexibility index (Phi) is 5.63. The number of carbonyl (C=O) groups is 2. The molecule has 1 N–H and O–H groups in total. The zero-order valence-corrected chi connectivity index (χ0v) is 16.8. The van der Waals surface area contributed by atoms with Gasteiger partial charge in [0.25, 0.3) is 0 Å². The molecule has 0 aliphatic carbocycles. The molecule has 30 heavy (non-hydrogen) atoms. The van der Waals surface area contributed by atoms with Crippen LogP contribution in [0.4, 0.5) is 5.69 Å². The minimum atomic E-state index is -0.476. The number of methoxy groups -OCH3 is 1. The van der Waals surface area contributed by atoms with Gasteiger partial charge in [-0.05, 0) is 60.0 Å². The Hall–Kier alpha value is -3.44. The van der Waals surface area contributed by atoms with Crippen molar-refractivity contribution in [3.63, 3.8) is 0 Å². The number of nitrogens with zero attached hydrogens (tertiary/aromatic N) is 1. The number of hydrogen-bond donors (Lipinski definition) is 1. The van der Waals surface area contributed by atoms with Gasteiger partial charge in [-0.1, -0.05) is 24.3 Å². The Labute approximate surface area is 175 Å². The largest absolute Gasteiger partial charge is 0.497 e. The average molecular weight is 401 g/mol. The first-order valence-electron chi connectivity index (χ1n) is 9.88. The van der Waals surface area contributed by atoms with Gasteiger partial charge >= 0.3 is 0 Å². The SMILES string of the molecule is COc1ccc(C(=O)c2ccc3c(c2)CCN3Cc2ccc(C(=O)CO)cc2)cc1. The molecular weight excluding hydrogens is 378 g/mol. The van der Waals surface area contributed by atoms with Crippen LogP contribution in [0.25, 0.3) is 0 Å². The van der Waals surface area contributed by atoms with E-state index < -0.39 is 6.61 Å². The van der Waals surface area contributed by atoms with Gasteiger partial charge in [0.15, 0.2) is 11.6 Å². The van der Waals surface area contributed by atoms with Gasteiger partial charge in [-0.15, -0.1) is 0 Å². The van der Waals surface area contributed by atoms with Gasteiger partial charge in [0.1, 0.15) is 12.4 Å². The van der Waals surface area contributed by atoms with Crippen LogP contribution in [0.5, 0.6) is 5.75 Å². The molecule has 0 saturated carbocycles. The van der Waals surface area contributed by atoms with E-state index in [0.29, 0.717) is 16.7 Å². The molecule has 1 heterocycles. The van der Waals surface area contributed by atoms with E-state index in [4.69, 9.17) is 9.84 Å². The first-order chi connectivity index (χ1) is 14.6. The van der Waals surface area contributed by atoms with Gasteiger partial charge in [-0.3, -0.25) is 9.59 Å². The van der Waals surface area contributed by atoms with Crippen molar-refractivity contribution in [3.05, 3.63) is 94.5 Å². The molecule has 0 unspecified atom stereocenters. The standard InChI is InChI=1S/C25H23NO4/c1-30-22-9-6-19(7-10-22)25(29)21-8-11-23-20(14-21)12-13-26(23)15-17-2-4-18(5-3-17)24(28)16-27/h2-11,14,27H,12-13,15-16H2,1H3. The lowest BCUT2D eigenvalue weighted by Crippen LogP contribution is -2.19. The first-order valence-corrected chi connectivity index (χ1v) is 9.88. The van der Waals surface area contributed by atoms with Gasteiger partial charge in [-0.2, -0.15) is 0 Å². The van der Waals surface area contributed by atoms with Gasteiger partial charge in [0, 0.05) is 35.5 Å². The number of fused-ring (bicyclic) bond motifs is 1. The molecule has 0 amide bonds. The Morgan fingerprint density at radius 1 is 0.933 bits per heavy atom. The maximum atomic E-state index is 12.8. The number of aliphatic hydroxyl groups excluding tert-OH is 1. The first kappa shape index (κ1) is 19.9. The van der Waals surface area contributed by atoms with E-state index in [0.717, 1.165) is 36.5 Å². The summed E-state index contributed by atoms with van der Waals surface area (Å²) in [4.78, 5) is 26.7. The van der Waals surface area contributed by atoms with E-state index in [1.807, 2.05) is 30.3 Å². The second-order valence-corrected chi connectivity index (χ2v) is 7.35. The summed E-state index contributed by atoms with van der Waals surface area (Å²) in [5.74, 6) is 0.454. The van der Waals surface area contributed by atoms with E-state index >= 15 is 0 Å². The van der Waals surface area contributed by atoms with Crippen molar-refractivity contribution in [3.8, 4) is 5.75 Å². The number of carbonyl (C=O) groups excluding carboxylic acids is 2. The van der Waals surface area contributed by atoms with Crippen molar-refractivity contribution in [1.29, 1.82) is 0 Å². The van der Waals surface area contributed by atoms with Crippen molar-refractivity contribution in [1.82, 2.24) is 0 Å². The third-order valence-corrected chi connectivity index (χ3v) is 5.48. The number of Topliss-reactive ketones (excluding diaryl/α,β-unsaturated/α-hetero) is 1. The van der Waals surface area contributed by atoms with E-state index in [2.05, 4.69) is 4.90 Å². The Bertz CT molecular complexity index is 1070. The lowest BCUT2D eigenvalue weighted by Gasteiger charge is -2.20. The quantitative estimate of drug-likeness (QED) is 0.612. The van der Waals surface area contributed by atoms with Crippen molar-refractivity contribution >= 4 is 17.3 Å². The highest BCUT2D eigenvalue weighted by Crippen LogP contribution is 2.31. The van der Waals surface area contributed by atoms with E-state index in [9.17, 15) is 9.59 Å². The Balaban J connectivity index is 1.49. The summed E-state index contributed by atoms with van der Waals surface area (Å²) in [6.07, 6.45) is 0.889. The highest BCUT2D eigenvalue weighted by molar-refractivity contribution is 6.09. The summed E-state index contributed by atoms with van der Waals surface area (Å²) in [6.45, 7) is 1.13. The second kappa shape index (κ2) is 8.51. The topological polar surface area (TPSA) is 66.8 Å². The number of rotatable bonds is 7. The molecule has 0 atom stereocenters. The monoisotopic (exact) mass is 401 g/mol. The minimum absolute atomic E-state index is 0.00282. The van der Waals surface area contributed by atoms with Crippen LogP contribution in [0.3, 0.4) is 0 Å². The van der Waals surface area contributed by atoms with Crippen LogP contribution in [0.2, 0.25) is 0 Å². The lowest BCUT2D eigenvalue weighted by atomic mass is 10.00. The molecule has 0 bridgehead atoms. The highest BCUT2D eigenvalue weighted by atomic mass is 16.5. The molecule has 0 radical (unpaired) electrons. The lowest BCUT2D eigenvalue weighted by molar-refractivity contribution is 0.0903. The molecule has 0 spiro atoms. The van der Waals surface area contributed by atoms with Crippen LogP contribution in [0, 0.1) is 0 Å². The van der Waals surface area contributed by atoms with Crippen molar-refractivity contribution in [2.45, 2.75) is 13.0 Å². The summed E-state index contributed by atoms with van der Waals surface area (Å²) < 4.78 is 5.16. The molecule has 0 aromatic heterocycles. The predicted molar refractivity (Wildman–Crippen MR) is 115 cm³/mol. The van der Waals surface area contributed by atoms with Crippen LogP contribution in [-0.4, -0.2) is 36.9 Å². The zero-order chi connectivity index (χ0) is 21.1. The maximum Gasteiger partial charge on any atom is 0.193 e. The fourth-order valence-electron chi connectivity index (χ4n) is 3.79. The fourth-order valence-corrected chi connectivity index (χ4v) is 3.79. The molecule has 5 heteroatoms. The van der Waals surface area contributed by atoms with Crippen molar-refractivity contribution in [2.75, 3.05) is 25.2 Å². The molecule has 152 valence electrons. The highest BCUT2D eigenvalue weighted by Gasteiger charge is 2.21. The summed E-state index contributed by atoms with van der Waals surface area (Å²) in [6, 6.07) is 20.4. The zero-order valence-electron chi connectivity index (χ0n) is 16.8. The second-order valence-electron chi connectivity index (χ2n) is 7.35. The normalized spacial score (nSPS) is 12.5. The van der Waals surface area contributed by atoms with Gasteiger partial charge in [0.05, 0.1) is 7.11 Å². The molecule has 0 fully saturated rings. The van der Waals surface area contributed by atoms with Gasteiger partial charge < -0.3 is 14.7 Å². The van der Waals surface area contributed by atoms with Crippen LogP contribution in [0.15, 0.2) is 66.7 Å². The molecule has 1 aliphatic heterocycles. The number of benzene rings is 3. The molecule has 5 nitrogen and oxygen atoms in total. The molecular formula is C25H23NO4. The third-order valence-electron chi connectivity index (χ3n) is 5.48. The maximum absolute atomic E-state index is 12.8. The molecule has 1 aliphatic rings. The predicted octanol–water partition coefficient (Wildman–Crippen LogP) is 3.66. The number of anilines is 1. The molecule has 0 saturated heterocycles. The van der Waals surface area contributed by atoms with Crippen LogP contribution in [0.1, 0.15) is 37.4 Å². The number of ether oxygens (including phenoxy) is 1. The Morgan fingerprint density at radius 2 is 1.60 bits per heavy atom. The summed E-state index contributed by atoms with van der Waals surface area (Å²) in [5, 5.41) is 8.97. The number of ketones is 2. The van der Waals surface area contributed by atoms with Crippen molar-refractivity contribution in [2.24, 2.45) is 0 Å². The fraction of sp³-hybridized carbons (Fsp3) is 0.200. The average Bonchev–Trinajstić information content (AvgIpc) is 3.20. The van der Waals surface area contributed by atoms with Crippen LogP contribution >= 0.6 is 0 Å².